The highest BCUT2D eigenvalue weighted by atomic mass is 16.5. The lowest BCUT2D eigenvalue weighted by molar-refractivity contribution is -0.141. The fourth-order valence-corrected chi connectivity index (χ4v) is 2.61. The monoisotopic (exact) mass is 350 g/mol. The smallest absolute Gasteiger partial charge is 0.341 e. The number of nitrogens with zero attached hydrogens (tertiary/aromatic N) is 1. The molecule has 2 rings (SSSR count). The van der Waals surface area contributed by atoms with E-state index >= 15 is 0 Å². The molecule has 8 nitrogen and oxygen atoms in total. The number of para-hydroxylation sites is 1. The molecule has 1 fully saturated rings. The summed E-state index contributed by atoms with van der Waals surface area (Å²) in [5, 5.41) is 11.7. The second-order valence-electron chi connectivity index (χ2n) is 6.04. The van der Waals surface area contributed by atoms with E-state index in [1.54, 1.807) is 32.0 Å². The van der Waals surface area contributed by atoms with Gasteiger partial charge in [0.05, 0.1) is 24.8 Å². The molecule has 2 amide bonds. The summed E-state index contributed by atoms with van der Waals surface area (Å²) >= 11 is 0. The van der Waals surface area contributed by atoms with Crippen LogP contribution in [0, 0.1) is 5.92 Å². The molecule has 1 aromatic rings. The van der Waals surface area contributed by atoms with Crippen molar-refractivity contribution >= 4 is 23.7 Å². The van der Waals surface area contributed by atoms with E-state index in [1.165, 1.54) is 12.0 Å². The molecule has 1 heterocycles. The first kappa shape index (κ1) is 18.6. The van der Waals surface area contributed by atoms with Crippen molar-refractivity contribution in [1.29, 1.82) is 0 Å². The Balaban J connectivity index is 2.22. The fourth-order valence-electron chi connectivity index (χ4n) is 2.61. The number of hydrogen-bond acceptors (Lipinski definition) is 5. The van der Waals surface area contributed by atoms with Gasteiger partial charge in [-0.05, 0) is 32.4 Å². The van der Waals surface area contributed by atoms with Crippen molar-refractivity contribution in [3.05, 3.63) is 23.8 Å². The molecule has 1 unspecified atom stereocenters. The van der Waals surface area contributed by atoms with E-state index in [9.17, 15) is 14.4 Å². The van der Waals surface area contributed by atoms with Crippen molar-refractivity contribution in [2.45, 2.75) is 26.4 Å². The van der Waals surface area contributed by atoms with E-state index in [1.807, 2.05) is 0 Å². The first-order valence-electron chi connectivity index (χ1n) is 8.00. The minimum Gasteiger partial charge on any atom is -0.488 e. The zero-order valence-corrected chi connectivity index (χ0v) is 14.4. The Bertz CT molecular complexity index is 673. The minimum atomic E-state index is -0.910. The highest BCUT2D eigenvalue weighted by molar-refractivity contribution is 5.98. The van der Waals surface area contributed by atoms with Crippen molar-refractivity contribution in [2.75, 3.05) is 25.5 Å². The highest BCUT2D eigenvalue weighted by Gasteiger charge is 2.31. The number of carboxylic acids is 1. The molecule has 25 heavy (non-hydrogen) atoms. The molecule has 8 heteroatoms. The van der Waals surface area contributed by atoms with Gasteiger partial charge in [-0.15, -0.1) is 0 Å². The Kier molecular flexibility index (Phi) is 5.84. The number of ether oxygens (including phenoxy) is 2. The molecule has 1 atom stereocenters. The molecule has 0 radical (unpaired) electrons. The molecule has 1 aliphatic rings. The zero-order chi connectivity index (χ0) is 18.6. The van der Waals surface area contributed by atoms with Crippen LogP contribution < -0.4 is 10.1 Å². The third kappa shape index (κ3) is 4.40. The lowest BCUT2D eigenvalue weighted by Crippen LogP contribution is -2.34. The van der Waals surface area contributed by atoms with E-state index < -0.39 is 23.9 Å². The lowest BCUT2D eigenvalue weighted by Gasteiger charge is -2.21. The summed E-state index contributed by atoms with van der Waals surface area (Å²) in [5.41, 5.74) is 0.541. The summed E-state index contributed by atoms with van der Waals surface area (Å²) in [7, 11) is 1.27. The number of methoxy groups -OCH3 is 1. The van der Waals surface area contributed by atoms with Crippen LogP contribution in [0.1, 0.15) is 30.6 Å². The first-order chi connectivity index (χ1) is 11.8. The topological polar surface area (TPSA) is 105 Å². The number of amides is 2. The van der Waals surface area contributed by atoms with Gasteiger partial charge >= 0.3 is 18.0 Å². The Labute approximate surface area is 145 Å². The van der Waals surface area contributed by atoms with Gasteiger partial charge in [-0.25, -0.2) is 9.59 Å². The molecule has 1 aliphatic heterocycles. The number of carbonyl (C=O) groups excluding carboxylic acids is 2. The second-order valence-corrected chi connectivity index (χ2v) is 6.04. The lowest BCUT2D eigenvalue weighted by atomic mass is 10.1. The molecule has 2 N–H and O–H groups in total. The quantitative estimate of drug-likeness (QED) is 0.789. The van der Waals surface area contributed by atoms with Gasteiger partial charge < -0.3 is 24.8 Å². The Morgan fingerprint density at radius 3 is 2.60 bits per heavy atom. The molecule has 136 valence electrons. The van der Waals surface area contributed by atoms with Crippen LogP contribution in [0.3, 0.4) is 0 Å². The summed E-state index contributed by atoms with van der Waals surface area (Å²) in [4.78, 5) is 36.8. The van der Waals surface area contributed by atoms with Gasteiger partial charge in [0.25, 0.3) is 0 Å². The minimum absolute atomic E-state index is 0.151. The van der Waals surface area contributed by atoms with E-state index in [4.69, 9.17) is 14.6 Å². The van der Waals surface area contributed by atoms with Crippen molar-refractivity contribution in [3.8, 4) is 5.75 Å². The van der Waals surface area contributed by atoms with E-state index in [-0.39, 0.29) is 24.0 Å². The maximum Gasteiger partial charge on any atom is 0.341 e. The van der Waals surface area contributed by atoms with Crippen molar-refractivity contribution in [1.82, 2.24) is 4.90 Å². The highest BCUT2D eigenvalue weighted by Crippen LogP contribution is 2.31. The number of benzene rings is 1. The zero-order valence-electron chi connectivity index (χ0n) is 14.4. The van der Waals surface area contributed by atoms with Gasteiger partial charge in [0.15, 0.2) is 5.75 Å². The van der Waals surface area contributed by atoms with Gasteiger partial charge in [-0.1, -0.05) is 6.07 Å². The number of aliphatic carboxylic acids is 1. The average Bonchev–Trinajstić information content (AvgIpc) is 3.05. The summed E-state index contributed by atoms with van der Waals surface area (Å²) < 4.78 is 10.4. The summed E-state index contributed by atoms with van der Waals surface area (Å²) in [6, 6.07) is 4.35. The molecule has 1 aromatic carbocycles. The number of rotatable bonds is 5. The third-order valence-electron chi connectivity index (χ3n) is 3.84. The number of esters is 1. The summed E-state index contributed by atoms with van der Waals surface area (Å²) in [6.45, 7) is 4.12. The van der Waals surface area contributed by atoms with Crippen LogP contribution in [0.15, 0.2) is 18.2 Å². The molecule has 0 aromatic heterocycles. The normalized spacial score (nSPS) is 16.6. The van der Waals surface area contributed by atoms with E-state index in [2.05, 4.69) is 5.32 Å². The summed E-state index contributed by atoms with van der Waals surface area (Å²) in [6.07, 6.45) is 0.199. The van der Waals surface area contributed by atoms with Crippen molar-refractivity contribution < 1.29 is 29.0 Å². The van der Waals surface area contributed by atoms with Crippen LogP contribution >= 0.6 is 0 Å². The molecular weight excluding hydrogens is 328 g/mol. The number of anilines is 1. The van der Waals surface area contributed by atoms with Crippen LogP contribution in [0.2, 0.25) is 0 Å². The van der Waals surface area contributed by atoms with Gasteiger partial charge in [0, 0.05) is 13.1 Å². The number of hydrogen-bond donors (Lipinski definition) is 2. The molecular formula is C17H22N2O6. The predicted octanol–water partition coefficient (Wildman–Crippen LogP) is 2.20. The molecule has 0 bridgehead atoms. The first-order valence-corrected chi connectivity index (χ1v) is 8.00. The van der Waals surface area contributed by atoms with Crippen molar-refractivity contribution in [2.24, 2.45) is 5.92 Å². The molecule has 0 aliphatic carbocycles. The predicted molar refractivity (Wildman–Crippen MR) is 89.9 cm³/mol. The van der Waals surface area contributed by atoms with Crippen LogP contribution in [-0.4, -0.2) is 54.3 Å². The van der Waals surface area contributed by atoms with Crippen LogP contribution in [0.5, 0.6) is 5.75 Å². The van der Waals surface area contributed by atoms with E-state index in [0.717, 1.165) is 0 Å². The Morgan fingerprint density at radius 1 is 1.32 bits per heavy atom. The van der Waals surface area contributed by atoms with Crippen molar-refractivity contribution in [3.63, 3.8) is 0 Å². The fraction of sp³-hybridized carbons (Fsp3) is 0.471. The maximum absolute atomic E-state index is 12.4. The van der Waals surface area contributed by atoms with Gasteiger partial charge in [0.1, 0.15) is 5.56 Å². The SMILES string of the molecule is COC(=O)c1cccc(NC(=O)N2CCC(C(=O)O)C2)c1OC(C)C. The largest absolute Gasteiger partial charge is 0.488 e. The number of likely N-dealkylation sites (tertiary alicyclic amines) is 1. The number of urea groups is 1. The van der Waals surface area contributed by atoms with Crippen LogP contribution in [0.25, 0.3) is 0 Å². The molecule has 1 saturated heterocycles. The number of carbonyl (C=O) groups is 3. The Morgan fingerprint density at radius 2 is 2.04 bits per heavy atom. The maximum atomic E-state index is 12.4. The molecule has 0 saturated carbocycles. The average molecular weight is 350 g/mol. The second kappa shape index (κ2) is 7.87. The van der Waals surface area contributed by atoms with Gasteiger partial charge in [0.2, 0.25) is 0 Å². The third-order valence-corrected chi connectivity index (χ3v) is 3.84. The standard InChI is InChI=1S/C17H22N2O6/c1-10(2)25-14-12(16(22)24-3)5-4-6-13(14)18-17(23)19-8-7-11(9-19)15(20)21/h4-6,10-11H,7-9H2,1-3H3,(H,18,23)(H,20,21). The summed E-state index contributed by atoms with van der Waals surface area (Å²) in [5.74, 6) is -1.81. The molecule has 0 spiro atoms. The van der Waals surface area contributed by atoms with Gasteiger partial charge in [-0.2, -0.15) is 0 Å². The van der Waals surface area contributed by atoms with Crippen LogP contribution in [-0.2, 0) is 9.53 Å². The van der Waals surface area contributed by atoms with E-state index in [0.29, 0.717) is 18.7 Å². The Hall–Kier alpha value is -2.77. The number of carboxylic acid groups (broad SMARTS) is 1. The number of nitrogens with one attached hydrogen (secondary N) is 1. The van der Waals surface area contributed by atoms with Crippen LogP contribution in [0.4, 0.5) is 10.5 Å². The van der Waals surface area contributed by atoms with Gasteiger partial charge in [-0.3, -0.25) is 4.79 Å².